The van der Waals surface area contributed by atoms with Gasteiger partial charge in [0.25, 0.3) is 0 Å². The molecule has 0 saturated heterocycles. The third-order valence-corrected chi connectivity index (χ3v) is 13.1. The molecule has 2 unspecified atom stereocenters. The molecule has 0 aromatic carbocycles. The molecule has 0 fully saturated rings. The fourth-order valence-electron chi connectivity index (χ4n) is 7.65. The highest BCUT2D eigenvalue weighted by molar-refractivity contribution is 7.47. The zero-order valence-electron chi connectivity index (χ0n) is 49.5. The van der Waals surface area contributed by atoms with E-state index in [1.165, 1.54) is 32.1 Å². The standard InChI is InChI=1S/C69H110NO8P/c1-3-5-7-9-11-13-15-17-19-21-23-25-27-29-30-31-32-33-34-35-36-38-40-42-44-46-48-50-52-54-56-58-60-62-69(72)78-67(66-77-79(73,74)76-64-63-70)65-75-68(71)61-59-57-55-53-51-49-47-45-43-41-39-37-28-26-24-22-20-18-16-14-12-10-8-6-4-2/h5-8,11-14,17-20,23-26,29-30,32-33,35-37,39-40,42,46,48,67H,3-4,9-10,15-16,21-22,27-28,31,34,38,41,43-45,47,49-66,70H2,1-2H3,(H,73,74)/b7-5-,8-6-,13-11-,14-12-,19-17-,20-18-,25-23-,26-24-,30-29-,33-32-,36-35-,39-37-,42-40-,48-46-. The van der Waals surface area contributed by atoms with Gasteiger partial charge in [0, 0.05) is 19.4 Å². The average Bonchev–Trinajstić information content (AvgIpc) is 3.44. The van der Waals surface area contributed by atoms with Crippen molar-refractivity contribution in [3.8, 4) is 0 Å². The van der Waals surface area contributed by atoms with Gasteiger partial charge in [-0.3, -0.25) is 18.6 Å². The summed E-state index contributed by atoms with van der Waals surface area (Å²) in [6.45, 7) is 3.46. The first-order valence-electron chi connectivity index (χ1n) is 30.6. The Kier molecular flexibility index (Phi) is 58.9. The monoisotopic (exact) mass is 1110 g/mol. The maximum absolute atomic E-state index is 12.7. The van der Waals surface area contributed by atoms with Gasteiger partial charge in [0.15, 0.2) is 6.10 Å². The summed E-state index contributed by atoms with van der Waals surface area (Å²) >= 11 is 0. The predicted molar refractivity (Wildman–Crippen MR) is 339 cm³/mol. The van der Waals surface area contributed by atoms with Crippen molar-refractivity contribution in [2.24, 2.45) is 5.73 Å². The Hall–Kier alpha value is -4.63. The first-order chi connectivity index (χ1) is 38.8. The van der Waals surface area contributed by atoms with E-state index in [0.29, 0.717) is 12.8 Å². The molecule has 0 bridgehead atoms. The second kappa shape index (κ2) is 62.6. The van der Waals surface area contributed by atoms with Gasteiger partial charge in [-0.2, -0.15) is 0 Å². The van der Waals surface area contributed by atoms with Crippen molar-refractivity contribution in [2.45, 2.75) is 225 Å². The molecule has 0 aliphatic carbocycles. The van der Waals surface area contributed by atoms with E-state index in [2.05, 4.69) is 184 Å². The lowest BCUT2D eigenvalue weighted by molar-refractivity contribution is -0.161. The molecule has 0 amide bonds. The smallest absolute Gasteiger partial charge is 0.462 e. The van der Waals surface area contributed by atoms with Gasteiger partial charge >= 0.3 is 19.8 Å². The molecule has 0 heterocycles. The fraction of sp³-hybridized carbons (Fsp3) is 0.565. The number of rotatable bonds is 55. The summed E-state index contributed by atoms with van der Waals surface area (Å²) in [6.07, 6.45) is 92.6. The zero-order chi connectivity index (χ0) is 57.3. The summed E-state index contributed by atoms with van der Waals surface area (Å²) in [5.41, 5.74) is 5.39. The van der Waals surface area contributed by atoms with Crippen LogP contribution in [0, 0.1) is 0 Å². The Balaban J connectivity index is 4.09. The summed E-state index contributed by atoms with van der Waals surface area (Å²) in [4.78, 5) is 35.3. The largest absolute Gasteiger partial charge is 0.472 e. The number of carbonyl (C=O) groups is 2. The second-order valence-electron chi connectivity index (χ2n) is 19.5. The van der Waals surface area contributed by atoms with Gasteiger partial charge in [0.1, 0.15) is 6.61 Å². The van der Waals surface area contributed by atoms with E-state index in [9.17, 15) is 19.0 Å². The molecule has 0 rings (SSSR count). The van der Waals surface area contributed by atoms with Gasteiger partial charge in [0.05, 0.1) is 13.2 Å². The summed E-state index contributed by atoms with van der Waals surface area (Å²) in [5, 5.41) is 0. The molecule has 0 aromatic heterocycles. The molecule has 79 heavy (non-hydrogen) atoms. The van der Waals surface area contributed by atoms with Crippen LogP contribution < -0.4 is 5.73 Å². The maximum Gasteiger partial charge on any atom is 0.472 e. The Morgan fingerprint density at radius 2 is 0.658 bits per heavy atom. The lowest BCUT2D eigenvalue weighted by Gasteiger charge is -2.19. The normalized spacial score (nSPS) is 14.2. The summed E-state index contributed by atoms with van der Waals surface area (Å²) < 4.78 is 33.1. The van der Waals surface area contributed by atoms with Crippen molar-refractivity contribution < 1.29 is 37.6 Å². The van der Waals surface area contributed by atoms with Gasteiger partial charge in [0.2, 0.25) is 0 Å². The first kappa shape index (κ1) is 74.4. The molecule has 0 spiro atoms. The Morgan fingerprint density at radius 1 is 0.380 bits per heavy atom. The van der Waals surface area contributed by atoms with Crippen LogP contribution in [0.1, 0.15) is 219 Å². The van der Waals surface area contributed by atoms with E-state index in [0.717, 1.165) is 148 Å². The van der Waals surface area contributed by atoms with Crippen LogP contribution in [0.15, 0.2) is 170 Å². The number of phosphoric ester groups is 1. The molecule has 444 valence electrons. The van der Waals surface area contributed by atoms with Crippen LogP contribution >= 0.6 is 7.82 Å². The molecule has 0 aliphatic rings. The van der Waals surface area contributed by atoms with Crippen molar-refractivity contribution in [3.63, 3.8) is 0 Å². The van der Waals surface area contributed by atoms with Crippen LogP contribution in [0.4, 0.5) is 0 Å². The van der Waals surface area contributed by atoms with Crippen LogP contribution in [0.5, 0.6) is 0 Å². The van der Waals surface area contributed by atoms with E-state index in [4.69, 9.17) is 24.3 Å². The number of allylic oxidation sites excluding steroid dienone is 28. The van der Waals surface area contributed by atoms with Crippen LogP contribution in [-0.4, -0.2) is 49.3 Å². The minimum absolute atomic E-state index is 0.0392. The van der Waals surface area contributed by atoms with Gasteiger partial charge < -0.3 is 20.1 Å². The minimum Gasteiger partial charge on any atom is -0.462 e. The fourth-order valence-corrected chi connectivity index (χ4v) is 8.42. The van der Waals surface area contributed by atoms with Gasteiger partial charge in [-0.15, -0.1) is 0 Å². The van der Waals surface area contributed by atoms with Crippen LogP contribution in [0.25, 0.3) is 0 Å². The van der Waals surface area contributed by atoms with Crippen LogP contribution in [-0.2, 0) is 32.7 Å². The highest BCUT2D eigenvalue weighted by Gasteiger charge is 2.26. The van der Waals surface area contributed by atoms with E-state index in [-0.39, 0.29) is 32.6 Å². The third kappa shape index (κ3) is 62.4. The highest BCUT2D eigenvalue weighted by Crippen LogP contribution is 2.43. The number of unbranched alkanes of at least 4 members (excludes halogenated alkanes) is 14. The quantitative estimate of drug-likeness (QED) is 0.0264. The number of phosphoric acid groups is 1. The first-order valence-corrected chi connectivity index (χ1v) is 32.1. The molecular formula is C69H110NO8P. The van der Waals surface area contributed by atoms with Crippen molar-refractivity contribution in [1.82, 2.24) is 0 Å². The average molecular weight is 1110 g/mol. The van der Waals surface area contributed by atoms with Crippen molar-refractivity contribution >= 4 is 19.8 Å². The van der Waals surface area contributed by atoms with E-state index < -0.39 is 32.5 Å². The molecule has 0 aliphatic heterocycles. The van der Waals surface area contributed by atoms with Crippen LogP contribution in [0.2, 0.25) is 0 Å². The number of hydrogen-bond acceptors (Lipinski definition) is 8. The molecular weight excluding hydrogens is 1000 g/mol. The zero-order valence-corrected chi connectivity index (χ0v) is 50.4. The van der Waals surface area contributed by atoms with Gasteiger partial charge in [-0.1, -0.05) is 248 Å². The Bertz CT molecular complexity index is 1890. The van der Waals surface area contributed by atoms with Gasteiger partial charge in [-0.25, -0.2) is 4.57 Å². The molecule has 3 N–H and O–H groups in total. The summed E-state index contributed by atoms with van der Waals surface area (Å²) in [6, 6.07) is 0. The predicted octanol–water partition coefficient (Wildman–Crippen LogP) is 19.8. The lowest BCUT2D eigenvalue weighted by Crippen LogP contribution is -2.29. The highest BCUT2D eigenvalue weighted by atomic mass is 31.2. The second-order valence-corrected chi connectivity index (χ2v) is 20.9. The molecule has 2 atom stereocenters. The van der Waals surface area contributed by atoms with E-state index >= 15 is 0 Å². The van der Waals surface area contributed by atoms with Gasteiger partial charge in [-0.05, 0) is 128 Å². The number of nitrogens with two attached hydrogens (primary N) is 1. The molecule has 0 radical (unpaired) electrons. The molecule has 0 aromatic rings. The van der Waals surface area contributed by atoms with Crippen molar-refractivity contribution in [2.75, 3.05) is 26.4 Å². The maximum atomic E-state index is 12.7. The molecule has 9 nitrogen and oxygen atoms in total. The topological polar surface area (TPSA) is 134 Å². The Labute approximate surface area is 482 Å². The van der Waals surface area contributed by atoms with E-state index in [1.807, 2.05) is 0 Å². The molecule has 0 saturated carbocycles. The lowest BCUT2D eigenvalue weighted by atomic mass is 10.1. The van der Waals surface area contributed by atoms with E-state index in [1.54, 1.807) is 0 Å². The summed E-state index contributed by atoms with van der Waals surface area (Å²) in [5.74, 6) is -0.870. The number of esters is 2. The number of carbonyl (C=O) groups excluding carboxylic acids is 2. The number of hydrogen-bond donors (Lipinski definition) is 2. The third-order valence-electron chi connectivity index (χ3n) is 12.1. The van der Waals surface area contributed by atoms with Crippen molar-refractivity contribution in [1.29, 1.82) is 0 Å². The summed E-state index contributed by atoms with van der Waals surface area (Å²) in [7, 11) is -4.41. The minimum atomic E-state index is -4.41. The van der Waals surface area contributed by atoms with Crippen LogP contribution in [0.3, 0.4) is 0 Å². The van der Waals surface area contributed by atoms with Crippen molar-refractivity contribution in [3.05, 3.63) is 170 Å². The SMILES string of the molecule is CC/C=C\C/C=C\C/C=C\C/C=C\C/C=C\C/C=C\C/C=C\C/C=C\C/C=C\CCCCCCCC(=O)OC(COC(=O)CCCCCCCCCCC/C=C\C/C=C\C/C=C\C/C=C\C/C=C\CC)COP(=O)(O)OCCN. The Morgan fingerprint density at radius 3 is 0.975 bits per heavy atom. The molecule has 10 heteroatoms. The number of ether oxygens (including phenoxy) is 2.